The molecular formula is C14H20N6O3S. The number of carbonyl (C=O) groups excluding carboxylic acids is 1. The lowest BCUT2D eigenvalue weighted by Crippen LogP contribution is -2.35. The number of nitrogens with zero attached hydrogens (tertiary/aromatic N) is 5. The monoisotopic (exact) mass is 352 g/mol. The van der Waals surface area contributed by atoms with E-state index < -0.39 is 12.1 Å². The molecule has 2 N–H and O–H groups in total. The molecule has 2 amide bonds. The van der Waals surface area contributed by atoms with Crippen molar-refractivity contribution in [1.29, 1.82) is 0 Å². The molecule has 2 aromatic rings. The van der Waals surface area contributed by atoms with Crippen LogP contribution in [0.4, 0.5) is 9.93 Å². The number of aliphatic hydroxyl groups excluding tert-OH is 1. The zero-order valence-electron chi connectivity index (χ0n) is 13.8. The van der Waals surface area contributed by atoms with Crippen LogP contribution in [-0.4, -0.2) is 49.0 Å². The summed E-state index contributed by atoms with van der Waals surface area (Å²) >= 11 is 1.36. The number of anilines is 1. The van der Waals surface area contributed by atoms with E-state index in [1.807, 2.05) is 0 Å². The van der Waals surface area contributed by atoms with Gasteiger partial charge in [-0.1, -0.05) is 30.3 Å². The number of β-amino-alcohol motifs (C(OH)–C–C–N with tert-alkyl or cyclic N) is 1. The molecule has 0 radical (unpaired) electrons. The molecule has 3 heterocycles. The second-order valence-corrected chi connectivity index (χ2v) is 7.33. The molecule has 10 heteroatoms. The lowest BCUT2D eigenvalue weighted by molar-refractivity contribution is 0.174. The minimum absolute atomic E-state index is 0.204. The Labute approximate surface area is 143 Å². The first kappa shape index (κ1) is 16.8. The smallest absolute Gasteiger partial charge is 0.324 e. The molecule has 1 aliphatic rings. The third-order valence-corrected chi connectivity index (χ3v) is 4.49. The summed E-state index contributed by atoms with van der Waals surface area (Å²) in [5.74, 6) is 1.30. The maximum Gasteiger partial charge on any atom is 0.324 e. The van der Waals surface area contributed by atoms with Crippen molar-refractivity contribution in [1.82, 2.24) is 25.2 Å². The number of nitrogens with one attached hydrogen (secondary N) is 1. The van der Waals surface area contributed by atoms with Crippen LogP contribution < -0.4 is 5.32 Å². The molecule has 0 saturated carbocycles. The first-order valence-corrected chi connectivity index (χ1v) is 8.62. The number of amides is 2. The number of aliphatic hydroxyl groups is 1. The summed E-state index contributed by atoms with van der Waals surface area (Å²) < 4.78 is 5.16. The van der Waals surface area contributed by atoms with Gasteiger partial charge in [0, 0.05) is 19.4 Å². The molecule has 2 aromatic heterocycles. The Bertz CT molecular complexity index is 715. The van der Waals surface area contributed by atoms with E-state index in [1.54, 1.807) is 6.92 Å². The third kappa shape index (κ3) is 3.70. The van der Waals surface area contributed by atoms with E-state index in [2.05, 4.69) is 39.5 Å². The van der Waals surface area contributed by atoms with Crippen molar-refractivity contribution in [3.63, 3.8) is 0 Å². The molecule has 0 unspecified atom stereocenters. The number of urea groups is 1. The summed E-state index contributed by atoms with van der Waals surface area (Å²) in [7, 11) is 0. The van der Waals surface area contributed by atoms with Crippen LogP contribution in [-0.2, 0) is 6.42 Å². The first-order valence-electron chi connectivity index (χ1n) is 7.80. The number of hydrogen-bond donors (Lipinski definition) is 2. The van der Waals surface area contributed by atoms with Crippen molar-refractivity contribution >= 4 is 22.5 Å². The highest BCUT2D eigenvalue weighted by Gasteiger charge is 2.39. The van der Waals surface area contributed by atoms with Gasteiger partial charge in [-0.2, -0.15) is 4.98 Å². The largest absolute Gasteiger partial charge is 0.391 e. The molecule has 3 rings (SSSR count). The van der Waals surface area contributed by atoms with Gasteiger partial charge in [-0.3, -0.25) is 5.32 Å². The number of rotatable bonds is 4. The summed E-state index contributed by atoms with van der Waals surface area (Å²) in [6, 6.07) is -0.802. The number of likely N-dealkylation sites (tertiary alicyclic amines) is 1. The Hall–Kier alpha value is -2.07. The highest BCUT2D eigenvalue weighted by atomic mass is 32.1. The molecular weight excluding hydrogens is 332 g/mol. The zero-order chi connectivity index (χ0) is 17.3. The molecule has 0 aliphatic carbocycles. The predicted molar refractivity (Wildman–Crippen MR) is 86.6 cm³/mol. The van der Waals surface area contributed by atoms with Crippen molar-refractivity contribution in [2.75, 3.05) is 11.9 Å². The predicted octanol–water partition coefficient (Wildman–Crippen LogP) is 1.77. The van der Waals surface area contributed by atoms with Crippen molar-refractivity contribution < 1.29 is 14.4 Å². The second-order valence-electron chi connectivity index (χ2n) is 6.27. The van der Waals surface area contributed by atoms with Gasteiger partial charge in [0.1, 0.15) is 11.0 Å². The van der Waals surface area contributed by atoms with Gasteiger partial charge in [0.05, 0.1) is 6.10 Å². The Morgan fingerprint density at radius 1 is 1.50 bits per heavy atom. The van der Waals surface area contributed by atoms with Crippen molar-refractivity contribution in [2.45, 2.75) is 45.8 Å². The number of hydrogen-bond acceptors (Lipinski definition) is 8. The van der Waals surface area contributed by atoms with Crippen LogP contribution in [0, 0.1) is 12.8 Å². The van der Waals surface area contributed by atoms with Crippen LogP contribution in [0.25, 0.3) is 0 Å². The lowest BCUT2D eigenvalue weighted by Gasteiger charge is -2.21. The van der Waals surface area contributed by atoms with Crippen molar-refractivity contribution in [2.24, 2.45) is 5.92 Å². The van der Waals surface area contributed by atoms with Crippen LogP contribution in [0.15, 0.2) is 4.52 Å². The summed E-state index contributed by atoms with van der Waals surface area (Å²) in [6.45, 7) is 6.11. The Kier molecular flexibility index (Phi) is 4.76. The maximum absolute atomic E-state index is 12.5. The fourth-order valence-corrected chi connectivity index (χ4v) is 3.56. The van der Waals surface area contributed by atoms with Gasteiger partial charge in [-0.05, 0) is 12.8 Å². The van der Waals surface area contributed by atoms with E-state index in [-0.39, 0.29) is 12.6 Å². The number of aryl methyl sites for hydroxylation is 1. The minimum atomic E-state index is -0.626. The molecule has 0 bridgehead atoms. The molecule has 0 spiro atoms. The summed E-state index contributed by atoms with van der Waals surface area (Å²) in [6.07, 6.45) is 0.558. The lowest BCUT2D eigenvalue weighted by atomic mass is 10.1. The Balaban J connectivity index is 1.69. The highest BCUT2D eigenvalue weighted by molar-refractivity contribution is 7.15. The van der Waals surface area contributed by atoms with Gasteiger partial charge in [0.15, 0.2) is 5.82 Å². The quantitative estimate of drug-likeness (QED) is 0.861. The average Bonchev–Trinajstić information content (AvgIpc) is 3.19. The van der Waals surface area contributed by atoms with Crippen LogP contribution in [0.2, 0.25) is 0 Å². The number of aromatic nitrogens is 4. The van der Waals surface area contributed by atoms with Gasteiger partial charge in [-0.25, -0.2) is 4.79 Å². The van der Waals surface area contributed by atoms with Crippen LogP contribution in [0.5, 0.6) is 0 Å². The molecule has 2 atom stereocenters. The Morgan fingerprint density at radius 2 is 2.29 bits per heavy atom. The number of carbonyl (C=O) groups is 1. The minimum Gasteiger partial charge on any atom is -0.391 e. The molecule has 1 fully saturated rings. The van der Waals surface area contributed by atoms with Crippen LogP contribution >= 0.6 is 11.3 Å². The van der Waals surface area contributed by atoms with Gasteiger partial charge < -0.3 is 14.5 Å². The molecule has 9 nitrogen and oxygen atoms in total. The van der Waals surface area contributed by atoms with E-state index >= 15 is 0 Å². The summed E-state index contributed by atoms with van der Waals surface area (Å²) in [5, 5.41) is 25.8. The molecule has 0 aromatic carbocycles. The molecule has 1 saturated heterocycles. The SMILES string of the molecule is Cc1noc([C@H]2C[C@@H](O)CN2C(=O)Nc2nnc(CC(C)C)s2)n1. The molecule has 130 valence electrons. The van der Waals surface area contributed by atoms with E-state index in [0.29, 0.717) is 29.2 Å². The average molecular weight is 352 g/mol. The maximum atomic E-state index is 12.5. The molecule has 1 aliphatic heterocycles. The van der Waals surface area contributed by atoms with Gasteiger partial charge in [-0.15, -0.1) is 10.2 Å². The normalized spacial score (nSPS) is 20.8. The fourth-order valence-electron chi connectivity index (χ4n) is 2.62. The van der Waals surface area contributed by atoms with E-state index in [0.717, 1.165) is 11.4 Å². The topological polar surface area (TPSA) is 117 Å². The summed E-state index contributed by atoms with van der Waals surface area (Å²) in [4.78, 5) is 18.2. The third-order valence-electron chi connectivity index (χ3n) is 3.63. The zero-order valence-corrected chi connectivity index (χ0v) is 14.6. The first-order chi connectivity index (χ1) is 11.4. The fraction of sp³-hybridized carbons (Fsp3) is 0.643. The van der Waals surface area contributed by atoms with Crippen LogP contribution in [0.1, 0.15) is 43.0 Å². The highest BCUT2D eigenvalue weighted by Crippen LogP contribution is 2.32. The van der Waals surface area contributed by atoms with Crippen LogP contribution in [0.3, 0.4) is 0 Å². The van der Waals surface area contributed by atoms with E-state index in [1.165, 1.54) is 16.2 Å². The summed E-state index contributed by atoms with van der Waals surface area (Å²) in [5.41, 5.74) is 0. The van der Waals surface area contributed by atoms with E-state index in [4.69, 9.17) is 4.52 Å². The Morgan fingerprint density at radius 3 is 2.96 bits per heavy atom. The van der Waals surface area contributed by atoms with E-state index in [9.17, 15) is 9.90 Å². The second kappa shape index (κ2) is 6.81. The van der Waals surface area contributed by atoms with Crippen molar-refractivity contribution in [3.8, 4) is 0 Å². The van der Waals surface area contributed by atoms with Gasteiger partial charge >= 0.3 is 6.03 Å². The van der Waals surface area contributed by atoms with Gasteiger partial charge in [0.25, 0.3) is 0 Å². The molecule has 24 heavy (non-hydrogen) atoms. The van der Waals surface area contributed by atoms with Gasteiger partial charge in [0.2, 0.25) is 11.0 Å². The standard InChI is InChI=1S/C14H20N6O3S/c1-7(2)4-11-17-18-13(24-11)16-14(22)20-6-9(21)5-10(20)12-15-8(3)19-23-12/h7,9-10,21H,4-6H2,1-3H3,(H,16,18,22)/t9-,10-/m1/s1. The van der Waals surface area contributed by atoms with Crippen molar-refractivity contribution in [3.05, 3.63) is 16.7 Å².